The zero-order valence-corrected chi connectivity index (χ0v) is 14.2. The normalized spacial score (nSPS) is 10.5. The summed E-state index contributed by atoms with van der Waals surface area (Å²) in [5.41, 5.74) is 3.05. The van der Waals surface area contributed by atoms with Gasteiger partial charge in [0.2, 0.25) is 0 Å². The summed E-state index contributed by atoms with van der Waals surface area (Å²) in [4.78, 5) is 29.3. The van der Waals surface area contributed by atoms with Crippen LogP contribution in [0.15, 0.2) is 60.1 Å². The number of aromatic nitrogens is 1. The number of carbonyl (C=O) groups is 2. The van der Waals surface area contributed by atoms with Crippen molar-refractivity contribution in [1.82, 2.24) is 4.98 Å². The minimum Gasteiger partial charge on any atom is -0.299 e. The molecule has 0 unspecified atom stereocenters. The van der Waals surface area contributed by atoms with Crippen LogP contribution in [-0.4, -0.2) is 16.6 Å². The highest BCUT2D eigenvalue weighted by molar-refractivity contribution is 7.09. The summed E-state index contributed by atoms with van der Waals surface area (Å²) in [6.45, 7) is 1.96. The molecule has 1 heterocycles. The molecule has 0 N–H and O–H groups in total. The molecule has 0 radical (unpaired) electrons. The van der Waals surface area contributed by atoms with Gasteiger partial charge in [0.05, 0.1) is 11.4 Å². The SMILES string of the molecule is Cc1ccc(C(=O)c2ccccc2)c(CC(=O)Cc2nccs2)c1. The first kappa shape index (κ1) is 16.3. The maximum absolute atomic E-state index is 12.8. The van der Waals surface area contributed by atoms with Crippen LogP contribution in [-0.2, 0) is 17.6 Å². The number of hydrogen-bond donors (Lipinski definition) is 0. The number of thiazole rings is 1. The van der Waals surface area contributed by atoms with Gasteiger partial charge < -0.3 is 0 Å². The molecule has 4 heteroatoms. The average molecular weight is 335 g/mol. The fourth-order valence-electron chi connectivity index (χ4n) is 2.62. The summed E-state index contributed by atoms with van der Waals surface area (Å²) in [6.07, 6.45) is 2.25. The van der Waals surface area contributed by atoms with Crippen molar-refractivity contribution in [1.29, 1.82) is 0 Å². The Labute approximate surface area is 145 Å². The lowest BCUT2D eigenvalue weighted by Crippen LogP contribution is -2.12. The van der Waals surface area contributed by atoms with E-state index < -0.39 is 0 Å². The summed E-state index contributed by atoms with van der Waals surface area (Å²) in [5, 5.41) is 2.67. The van der Waals surface area contributed by atoms with Crippen molar-refractivity contribution in [2.24, 2.45) is 0 Å². The summed E-state index contributed by atoms with van der Waals surface area (Å²) >= 11 is 1.47. The van der Waals surface area contributed by atoms with Gasteiger partial charge in [-0.25, -0.2) is 4.98 Å². The molecule has 0 aliphatic carbocycles. The molecule has 0 aliphatic heterocycles. The standard InChI is InChI=1S/C20H17NO2S/c1-14-7-8-18(20(23)15-5-3-2-4-6-15)16(11-14)12-17(22)13-19-21-9-10-24-19/h2-11H,12-13H2,1H3. The van der Waals surface area contributed by atoms with Crippen LogP contribution >= 0.6 is 11.3 Å². The van der Waals surface area contributed by atoms with E-state index in [1.165, 1.54) is 11.3 Å². The van der Waals surface area contributed by atoms with E-state index in [0.717, 1.165) is 16.1 Å². The van der Waals surface area contributed by atoms with Crippen molar-refractivity contribution < 1.29 is 9.59 Å². The first-order valence-corrected chi connectivity index (χ1v) is 8.61. The van der Waals surface area contributed by atoms with Gasteiger partial charge in [0.15, 0.2) is 5.78 Å². The van der Waals surface area contributed by atoms with Crippen LogP contribution in [0.25, 0.3) is 0 Å². The van der Waals surface area contributed by atoms with E-state index >= 15 is 0 Å². The zero-order valence-electron chi connectivity index (χ0n) is 13.4. The summed E-state index contributed by atoms with van der Waals surface area (Å²) in [7, 11) is 0. The highest BCUT2D eigenvalue weighted by Crippen LogP contribution is 2.18. The van der Waals surface area contributed by atoms with Crippen LogP contribution in [0.5, 0.6) is 0 Å². The fourth-order valence-corrected chi connectivity index (χ4v) is 3.26. The number of hydrogen-bond acceptors (Lipinski definition) is 4. The largest absolute Gasteiger partial charge is 0.299 e. The van der Waals surface area contributed by atoms with Crippen molar-refractivity contribution in [2.75, 3.05) is 0 Å². The van der Waals surface area contributed by atoms with Gasteiger partial charge in [-0.1, -0.05) is 54.1 Å². The molecule has 1 aromatic heterocycles. The Balaban J connectivity index is 1.86. The topological polar surface area (TPSA) is 47.0 Å². The minimum atomic E-state index is -0.0485. The molecule has 3 aromatic rings. The molecule has 0 amide bonds. The predicted molar refractivity (Wildman–Crippen MR) is 95.6 cm³/mol. The molecular formula is C20H17NO2S. The van der Waals surface area contributed by atoms with Crippen LogP contribution < -0.4 is 0 Å². The van der Waals surface area contributed by atoms with Gasteiger partial charge in [0.1, 0.15) is 5.78 Å². The number of carbonyl (C=O) groups excluding carboxylic acids is 2. The third-order valence-electron chi connectivity index (χ3n) is 3.76. The van der Waals surface area contributed by atoms with E-state index in [1.54, 1.807) is 18.3 Å². The highest BCUT2D eigenvalue weighted by atomic mass is 32.1. The monoisotopic (exact) mass is 335 g/mol. The Morgan fingerprint density at radius 1 is 1.04 bits per heavy atom. The summed E-state index contributed by atoms with van der Waals surface area (Å²) in [5.74, 6) is 0.0188. The van der Waals surface area contributed by atoms with Crippen molar-refractivity contribution in [3.8, 4) is 0 Å². The molecule has 3 nitrogen and oxygen atoms in total. The van der Waals surface area contributed by atoms with Gasteiger partial charge in [-0.3, -0.25) is 9.59 Å². The van der Waals surface area contributed by atoms with Crippen LogP contribution in [0.2, 0.25) is 0 Å². The Kier molecular flexibility index (Phi) is 4.96. The number of ketones is 2. The van der Waals surface area contributed by atoms with Crippen molar-refractivity contribution >= 4 is 22.9 Å². The molecule has 0 saturated carbocycles. The molecule has 0 spiro atoms. The number of Topliss-reactive ketones (excluding diaryl/α,β-unsaturated/α-hetero) is 1. The van der Waals surface area contributed by atoms with E-state index in [2.05, 4.69) is 4.98 Å². The lowest BCUT2D eigenvalue weighted by atomic mass is 9.93. The molecule has 24 heavy (non-hydrogen) atoms. The molecular weight excluding hydrogens is 318 g/mol. The predicted octanol–water partition coefficient (Wildman–Crippen LogP) is 4.04. The first-order chi connectivity index (χ1) is 11.6. The lowest BCUT2D eigenvalue weighted by Gasteiger charge is -2.09. The first-order valence-electron chi connectivity index (χ1n) is 7.73. The van der Waals surface area contributed by atoms with Crippen LogP contribution in [0.1, 0.15) is 32.1 Å². The quantitative estimate of drug-likeness (QED) is 0.639. The molecule has 120 valence electrons. The molecule has 0 fully saturated rings. The zero-order chi connectivity index (χ0) is 16.9. The Morgan fingerprint density at radius 2 is 1.83 bits per heavy atom. The number of nitrogens with zero attached hydrogens (tertiary/aromatic N) is 1. The van der Waals surface area contributed by atoms with Gasteiger partial charge in [0.25, 0.3) is 0 Å². The third-order valence-corrected chi connectivity index (χ3v) is 4.54. The van der Waals surface area contributed by atoms with Crippen LogP contribution in [0.3, 0.4) is 0 Å². The number of benzene rings is 2. The molecule has 0 atom stereocenters. The van der Waals surface area contributed by atoms with E-state index in [4.69, 9.17) is 0 Å². The Morgan fingerprint density at radius 3 is 2.54 bits per heavy atom. The Hall–Kier alpha value is -2.59. The molecule has 0 aliphatic rings. The molecule has 0 bridgehead atoms. The molecule has 2 aromatic carbocycles. The highest BCUT2D eigenvalue weighted by Gasteiger charge is 2.16. The van der Waals surface area contributed by atoms with E-state index in [1.807, 2.05) is 48.7 Å². The van der Waals surface area contributed by atoms with Crippen LogP contribution in [0, 0.1) is 6.92 Å². The van der Waals surface area contributed by atoms with Crippen molar-refractivity contribution in [3.63, 3.8) is 0 Å². The van der Waals surface area contributed by atoms with Gasteiger partial charge in [-0.05, 0) is 12.5 Å². The second-order valence-electron chi connectivity index (χ2n) is 5.67. The van der Waals surface area contributed by atoms with Gasteiger partial charge in [-0.15, -0.1) is 11.3 Å². The van der Waals surface area contributed by atoms with Crippen molar-refractivity contribution in [2.45, 2.75) is 19.8 Å². The third kappa shape index (κ3) is 3.84. The number of aryl methyl sites for hydroxylation is 1. The minimum absolute atomic E-state index is 0.0485. The number of rotatable bonds is 6. The average Bonchev–Trinajstić information content (AvgIpc) is 3.08. The van der Waals surface area contributed by atoms with Gasteiger partial charge in [0, 0.05) is 29.1 Å². The Bertz CT molecular complexity index is 855. The van der Waals surface area contributed by atoms with E-state index in [-0.39, 0.29) is 18.0 Å². The van der Waals surface area contributed by atoms with Gasteiger partial charge in [-0.2, -0.15) is 0 Å². The maximum Gasteiger partial charge on any atom is 0.193 e. The smallest absolute Gasteiger partial charge is 0.193 e. The maximum atomic E-state index is 12.8. The second-order valence-corrected chi connectivity index (χ2v) is 6.65. The van der Waals surface area contributed by atoms with Crippen molar-refractivity contribution in [3.05, 3.63) is 87.4 Å². The lowest BCUT2D eigenvalue weighted by molar-refractivity contribution is -0.117. The van der Waals surface area contributed by atoms with E-state index in [0.29, 0.717) is 17.5 Å². The van der Waals surface area contributed by atoms with Gasteiger partial charge >= 0.3 is 0 Å². The molecule has 0 saturated heterocycles. The summed E-state index contributed by atoms with van der Waals surface area (Å²) in [6, 6.07) is 14.8. The second kappa shape index (κ2) is 7.32. The molecule has 3 rings (SSSR count). The summed E-state index contributed by atoms with van der Waals surface area (Å²) < 4.78 is 0. The fraction of sp³-hybridized carbons (Fsp3) is 0.150. The van der Waals surface area contributed by atoms with E-state index in [9.17, 15) is 9.59 Å². The van der Waals surface area contributed by atoms with Crippen LogP contribution in [0.4, 0.5) is 0 Å².